The van der Waals surface area contributed by atoms with Crippen molar-refractivity contribution in [2.45, 2.75) is 26.3 Å². The van der Waals surface area contributed by atoms with Crippen LogP contribution in [0.2, 0.25) is 0 Å². The first-order valence-corrected chi connectivity index (χ1v) is 9.12. The molecule has 1 N–H and O–H groups in total. The van der Waals surface area contributed by atoms with E-state index in [2.05, 4.69) is 22.4 Å². The number of nitrogens with one attached hydrogen (secondary N) is 1. The summed E-state index contributed by atoms with van der Waals surface area (Å²) >= 11 is 1.27. The van der Waals surface area contributed by atoms with Gasteiger partial charge in [0.1, 0.15) is 4.88 Å². The molecule has 3 rings (SSSR count). The minimum atomic E-state index is -0.330. The second-order valence-corrected chi connectivity index (χ2v) is 7.14. The van der Waals surface area contributed by atoms with Crippen molar-refractivity contribution in [3.63, 3.8) is 0 Å². The van der Waals surface area contributed by atoms with Crippen molar-refractivity contribution in [2.75, 3.05) is 38.1 Å². The average molecular weight is 349 g/mol. The Hall–Kier alpha value is -1.86. The third-order valence-electron chi connectivity index (χ3n) is 4.42. The highest BCUT2D eigenvalue weighted by Gasteiger charge is 2.30. The summed E-state index contributed by atoms with van der Waals surface area (Å²) in [6, 6.07) is 2.17. The van der Waals surface area contributed by atoms with Gasteiger partial charge in [-0.2, -0.15) is 0 Å². The van der Waals surface area contributed by atoms with Crippen LogP contribution in [-0.2, 0) is 4.74 Å². The number of rotatable bonds is 4. The van der Waals surface area contributed by atoms with Gasteiger partial charge in [0, 0.05) is 32.2 Å². The van der Waals surface area contributed by atoms with Crippen LogP contribution in [0.1, 0.15) is 28.6 Å². The number of anilines is 1. The average Bonchev–Trinajstić information content (AvgIpc) is 3.27. The van der Waals surface area contributed by atoms with Crippen LogP contribution in [0.3, 0.4) is 0 Å². The van der Waals surface area contributed by atoms with E-state index in [0.717, 1.165) is 38.2 Å². The molecular weight excluding hydrogens is 326 g/mol. The molecule has 0 aliphatic carbocycles. The lowest BCUT2D eigenvalue weighted by Gasteiger charge is -2.23. The number of urea groups is 1. The summed E-state index contributed by atoms with van der Waals surface area (Å²) in [5.74, 6) is -0.330. The van der Waals surface area contributed by atoms with Crippen LogP contribution >= 0.6 is 11.3 Å². The van der Waals surface area contributed by atoms with Gasteiger partial charge in [0.05, 0.1) is 11.6 Å². The molecule has 1 fully saturated rings. The molecule has 1 aromatic heterocycles. The van der Waals surface area contributed by atoms with E-state index >= 15 is 0 Å². The number of hydrogen-bond donors (Lipinski definition) is 1. The molecule has 2 aliphatic heterocycles. The van der Waals surface area contributed by atoms with Gasteiger partial charge in [-0.1, -0.05) is 12.2 Å². The van der Waals surface area contributed by atoms with Gasteiger partial charge in [-0.15, -0.1) is 11.3 Å². The van der Waals surface area contributed by atoms with Gasteiger partial charge in [-0.3, -0.25) is 10.2 Å². The van der Waals surface area contributed by atoms with E-state index in [1.54, 1.807) is 6.92 Å². The topological polar surface area (TPSA) is 61.9 Å². The number of thiophene rings is 1. The standard InChI is InChI=1S/C17H23N3O3S/c1-3-23-16(21)15-12(2)10-14(24-15)18-17(22)20-9-6-13(11-20)19-7-4-5-8-19/h4-5,10,13H,3,6-9,11H2,1-2H3,(H,18,22)/t13-/m1/s1. The molecule has 0 radical (unpaired) electrons. The maximum Gasteiger partial charge on any atom is 0.348 e. The van der Waals surface area contributed by atoms with E-state index in [4.69, 9.17) is 4.74 Å². The van der Waals surface area contributed by atoms with Crippen molar-refractivity contribution >= 4 is 28.3 Å². The van der Waals surface area contributed by atoms with Gasteiger partial charge in [-0.05, 0) is 31.9 Å². The summed E-state index contributed by atoms with van der Waals surface area (Å²) in [5.41, 5.74) is 0.830. The highest BCUT2D eigenvalue weighted by Crippen LogP contribution is 2.28. The first kappa shape index (κ1) is 17.0. The summed E-state index contributed by atoms with van der Waals surface area (Å²) in [5, 5.41) is 3.60. The van der Waals surface area contributed by atoms with Crippen molar-refractivity contribution in [1.29, 1.82) is 0 Å². The van der Waals surface area contributed by atoms with Crippen LogP contribution in [-0.4, -0.2) is 60.6 Å². The molecule has 2 aliphatic rings. The van der Waals surface area contributed by atoms with E-state index in [0.29, 0.717) is 22.5 Å². The molecule has 1 aromatic rings. The quantitative estimate of drug-likeness (QED) is 0.671. The lowest BCUT2D eigenvalue weighted by Crippen LogP contribution is -2.38. The van der Waals surface area contributed by atoms with Crippen LogP contribution in [0.25, 0.3) is 0 Å². The van der Waals surface area contributed by atoms with E-state index in [1.807, 2.05) is 17.9 Å². The molecule has 6 nitrogen and oxygen atoms in total. The predicted octanol–water partition coefficient (Wildman–Crippen LogP) is 2.71. The second-order valence-electron chi connectivity index (χ2n) is 6.09. The Morgan fingerprint density at radius 3 is 2.83 bits per heavy atom. The fourth-order valence-corrected chi connectivity index (χ4v) is 4.10. The Balaban J connectivity index is 1.57. The Kier molecular flexibility index (Phi) is 5.20. The van der Waals surface area contributed by atoms with E-state index in [9.17, 15) is 9.59 Å². The molecule has 7 heteroatoms. The third-order valence-corrected chi connectivity index (χ3v) is 5.55. The molecule has 24 heavy (non-hydrogen) atoms. The summed E-state index contributed by atoms with van der Waals surface area (Å²) in [6.07, 6.45) is 5.36. The lowest BCUT2D eigenvalue weighted by molar-refractivity contribution is 0.0531. The first-order chi connectivity index (χ1) is 11.6. The fraction of sp³-hybridized carbons (Fsp3) is 0.529. The number of amides is 2. The number of aryl methyl sites for hydroxylation is 1. The van der Waals surface area contributed by atoms with E-state index in [1.165, 1.54) is 11.3 Å². The Morgan fingerprint density at radius 2 is 2.12 bits per heavy atom. The van der Waals surface area contributed by atoms with Crippen LogP contribution < -0.4 is 5.32 Å². The maximum atomic E-state index is 12.5. The van der Waals surface area contributed by atoms with E-state index < -0.39 is 0 Å². The number of esters is 1. The molecule has 0 saturated carbocycles. The SMILES string of the molecule is CCOC(=O)c1sc(NC(=O)N2CC[C@@H](N3CC=CC3)C2)cc1C. The van der Waals surface area contributed by atoms with E-state index in [-0.39, 0.29) is 12.0 Å². The van der Waals surface area contributed by atoms with Crippen molar-refractivity contribution < 1.29 is 14.3 Å². The zero-order valence-electron chi connectivity index (χ0n) is 14.1. The summed E-state index contributed by atoms with van der Waals surface area (Å²) in [6.45, 7) is 7.46. The molecule has 2 amide bonds. The molecule has 130 valence electrons. The molecule has 1 atom stereocenters. The van der Waals surface area contributed by atoms with Crippen LogP contribution in [0.15, 0.2) is 18.2 Å². The number of likely N-dealkylation sites (tertiary alicyclic amines) is 1. The Morgan fingerprint density at radius 1 is 1.38 bits per heavy atom. The molecule has 0 bridgehead atoms. The normalized spacial score (nSPS) is 20.6. The van der Waals surface area contributed by atoms with Crippen molar-refractivity contribution in [2.24, 2.45) is 0 Å². The Labute approximate surface area is 146 Å². The van der Waals surface area contributed by atoms with Crippen molar-refractivity contribution in [3.8, 4) is 0 Å². The number of ether oxygens (including phenoxy) is 1. The summed E-state index contributed by atoms with van der Waals surface area (Å²) in [4.78, 5) is 29.1. The zero-order chi connectivity index (χ0) is 17.1. The fourth-order valence-electron chi connectivity index (χ4n) is 3.14. The minimum Gasteiger partial charge on any atom is -0.462 e. The molecule has 0 spiro atoms. The zero-order valence-corrected chi connectivity index (χ0v) is 14.9. The van der Waals surface area contributed by atoms with Gasteiger partial charge >= 0.3 is 12.0 Å². The maximum absolute atomic E-state index is 12.5. The number of carbonyl (C=O) groups excluding carboxylic acids is 2. The molecular formula is C17H23N3O3S. The van der Waals surface area contributed by atoms with Crippen LogP contribution in [0, 0.1) is 6.92 Å². The summed E-state index contributed by atoms with van der Waals surface area (Å²) < 4.78 is 5.03. The first-order valence-electron chi connectivity index (χ1n) is 8.31. The van der Waals surface area contributed by atoms with Gasteiger partial charge in [0.25, 0.3) is 0 Å². The summed E-state index contributed by atoms with van der Waals surface area (Å²) in [7, 11) is 0. The number of carbonyl (C=O) groups is 2. The second kappa shape index (κ2) is 7.36. The van der Waals surface area contributed by atoms with Crippen molar-refractivity contribution in [3.05, 3.63) is 28.7 Å². The minimum absolute atomic E-state index is 0.0960. The van der Waals surface area contributed by atoms with Gasteiger partial charge in [0.15, 0.2) is 0 Å². The third kappa shape index (κ3) is 3.62. The van der Waals surface area contributed by atoms with Gasteiger partial charge in [-0.25, -0.2) is 9.59 Å². The highest BCUT2D eigenvalue weighted by atomic mass is 32.1. The smallest absolute Gasteiger partial charge is 0.348 e. The van der Waals surface area contributed by atoms with Crippen LogP contribution in [0.4, 0.5) is 9.80 Å². The lowest BCUT2D eigenvalue weighted by atomic mass is 10.2. The Bertz CT molecular complexity index is 648. The van der Waals surface area contributed by atoms with Gasteiger partial charge in [0.2, 0.25) is 0 Å². The molecule has 0 aromatic carbocycles. The molecule has 1 saturated heterocycles. The van der Waals surface area contributed by atoms with Crippen molar-refractivity contribution in [1.82, 2.24) is 9.80 Å². The number of hydrogen-bond acceptors (Lipinski definition) is 5. The molecule has 3 heterocycles. The monoisotopic (exact) mass is 349 g/mol. The largest absolute Gasteiger partial charge is 0.462 e. The van der Waals surface area contributed by atoms with Crippen LogP contribution in [0.5, 0.6) is 0 Å². The molecule has 0 unspecified atom stereocenters. The van der Waals surface area contributed by atoms with Gasteiger partial charge < -0.3 is 9.64 Å². The number of nitrogens with zero attached hydrogens (tertiary/aromatic N) is 2. The predicted molar refractivity (Wildman–Crippen MR) is 94.7 cm³/mol. The highest BCUT2D eigenvalue weighted by molar-refractivity contribution is 7.18.